The average molecular weight is 274 g/mol. The van der Waals surface area contributed by atoms with Crippen LogP contribution in [0.15, 0.2) is 0 Å². The van der Waals surface area contributed by atoms with Crippen LogP contribution in [0.5, 0.6) is 0 Å². The third kappa shape index (κ3) is 4.68. The van der Waals surface area contributed by atoms with E-state index in [-0.39, 0.29) is 19.3 Å². The van der Waals surface area contributed by atoms with Crippen LogP contribution in [0.2, 0.25) is 0 Å². The summed E-state index contributed by atoms with van der Waals surface area (Å²) in [5, 5.41) is 20.4. The van der Waals surface area contributed by atoms with Crippen molar-refractivity contribution in [1.82, 2.24) is 10.2 Å². The Morgan fingerprint density at radius 3 is 2.79 bits per heavy atom. The second kappa shape index (κ2) is 7.96. The summed E-state index contributed by atoms with van der Waals surface area (Å²) in [4.78, 5) is 24.7. The summed E-state index contributed by atoms with van der Waals surface area (Å²) in [5.41, 5.74) is 0. The molecular weight excluding hydrogens is 252 g/mol. The summed E-state index contributed by atoms with van der Waals surface area (Å²) in [7, 11) is 1.39. The van der Waals surface area contributed by atoms with Crippen molar-refractivity contribution in [3.8, 4) is 0 Å². The van der Waals surface area contributed by atoms with Gasteiger partial charge >= 0.3 is 12.0 Å². The lowest BCUT2D eigenvalue weighted by Crippen LogP contribution is -2.54. The zero-order valence-electron chi connectivity index (χ0n) is 11.2. The maximum absolute atomic E-state index is 12.1. The molecule has 7 heteroatoms. The van der Waals surface area contributed by atoms with Gasteiger partial charge in [-0.2, -0.15) is 0 Å². The molecule has 0 spiro atoms. The molecule has 1 aliphatic rings. The molecule has 3 N–H and O–H groups in total. The van der Waals surface area contributed by atoms with Crippen LogP contribution < -0.4 is 5.32 Å². The lowest BCUT2D eigenvalue weighted by Gasteiger charge is -2.36. The van der Waals surface area contributed by atoms with Crippen LogP contribution in [-0.2, 0) is 9.53 Å². The highest BCUT2D eigenvalue weighted by Crippen LogP contribution is 2.19. The van der Waals surface area contributed by atoms with Gasteiger partial charge in [-0.05, 0) is 25.7 Å². The van der Waals surface area contributed by atoms with Gasteiger partial charge in [-0.15, -0.1) is 0 Å². The molecule has 1 saturated heterocycles. The van der Waals surface area contributed by atoms with E-state index in [0.29, 0.717) is 13.0 Å². The Morgan fingerprint density at radius 1 is 1.47 bits per heavy atom. The zero-order chi connectivity index (χ0) is 14.3. The summed E-state index contributed by atoms with van der Waals surface area (Å²) in [6, 6.07) is -1.47. The first-order valence-electron chi connectivity index (χ1n) is 6.50. The van der Waals surface area contributed by atoms with Gasteiger partial charge < -0.3 is 25.2 Å². The Balaban J connectivity index is 2.60. The predicted molar refractivity (Wildman–Crippen MR) is 67.9 cm³/mol. The number of carboxylic acids is 1. The first kappa shape index (κ1) is 15.7. The van der Waals surface area contributed by atoms with Crippen LogP contribution in [0.4, 0.5) is 4.79 Å². The van der Waals surface area contributed by atoms with Crippen LogP contribution in [0, 0.1) is 0 Å². The number of nitrogens with one attached hydrogen (secondary N) is 1. The molecule has 1 rings (SSSR count). The number of carbonyl (C=O) groups excluding carboxylic acids is 1. The van der Waals surface area contributed by atoms with E-state index in [9.17, 15) is 9.59 Å². The number of nitrogens with zero attached hydrogens (tertiary/aromatic N) is 1. The van der Waals surface area contributed by atoms with Gasteiger partial charge in [0.05, 0.1) is 6.61 Å². The van der Waals surface area contributed by atoms with E-state index in [2.05, 4.69) is 5.32 Å². The minimum Gasteiger partial charge on any atom is -0.480 e. The number of aliphatic hydroxyl groups excluding tert-OH is 1. The van der Waals surface area contributed by atoms with Crippen LogP contribution >= 0.6 is 0 Å². The quantitative estimate of drug-likeness (QED) is 0.635. The van der Waals surface area contributed by atoms with E-state index >= 15 is 0 Å². The Bertz CT molecular complexity index is 308. The number of methoxy groups -OCH3 is 1. The first-order chi connectivity index (χ1) is 9.10. The smallest absolute Gasteiger partial charge is 0.328 e. The molecule has 110 valence electrons. The number of carboxylic acid groups (broad SMARTS) is 1. The maximum Gasteiger partial charge on any atom is 0.328 e. The van der Waals surface area contributed by atoms with E-state index in [1.54, 1.807) is 4.90 Å². The standard InChI is InChI=1S/C12H22N2O5/c1-19-8-10(11(16)17)13-12(18)14-6-3-2-4-9(14)5-7-15/h9-10,15H,2-8H2,1H3,(H,13,18)(H,16,17). The predicted octanol–water partition coefficient (Wildman–Crippen LogP) is 0.0325. The molecule has 2 amide bonds. The van der Waals surface area contributed by atoms with Crippen molar-refractivity contribution >= 4 is 12.0 Å². The highest BCUT2D eigenvalue weighted by atomic mass is 16.5. The van der Waals surface area contributed by atoms with Gasteiger partial charge in [0.25, 0.3) is 0 Å². The number of piperidine rings is 1. The molecule has 1 heterocycles. The summed E-state index contributed by atoms with van der Waals surface area (Å²) < 4.78 is 4.77. The molecular formula is C12H22N2O5. The van der Waals surface area contributed by atoms with E-state index in [0.717, 1.165) is 19.3 Å². The number of ether oxygens (including phenoxy) is 1. The number of likely N-dealkylation sites (tertiary alicyclic amines) is 1. The Labute approximate surface area is 112 Å². The second-order valence-electron chi connectivity index (χ2n) is 4.65. The van der Waals surface area contributed by atoms with Gasteiger partial charge in [-0.25, -0.2) is 9.59 Å². The second-order valence-corrected chi connectivity index (χ2v) is 4.65. The number of hydrogen-bond acceptors (Lipinski definition) is 4. The number of rotatable bonds is 6. The normalized spacial score (nSPS) is 20.9. The van der Waals surface area contributed by atoms with Gasteiger partial charge in [0.15, 0.2) is 6.04 Å². The highest BCUT2D eigenvalue weighted by molar-refractivity contribution is 5.82. The van der Waals surface area contributed by atoms with E-state index in [1.807, 2.05) is 0 Å². The third-order valence-electron chi connectivity index (χ3n) is 3.28. The maximum atomic E-state index is 12.1. The van der Waals surface area contributed by atoms with Crippen molar-refractivity contribution < 1.29 is 24.5 Å². The van der Waals surface area contributed by atoms with Crippen LogP contribution in [0.3, 0.4) is 0 Å². The molecule has 0 aromatic heterocycles. The minimum absolute atomic E-state index is 0.0178. The van der Waals surface area contributed by atoms with E-state index in [1.165, 1.54) is 7.11 Å². The SMILES string of the molecule is COCC(NC(=O)N1CCCCC1CCO)C(=O)O. The molecule has 0 bridgehead atoms. The number of aliphatic carboxylic acids is 1. The monoisotopic (exact) mass is 274 g/mol. The average Bonchev–Trinajstić information content (AvgIpc) is 2.39. The molecule has 1 aliphatic heterocycles. The Hall–Kier alpha value is -1.34. The van der Waals surface area contributed by atoms with Crippen molar-refractivity contribution in [2.45, 2.75) is 37.8 Å². The molecule has 2 atom stereocenters. The van der Waals surface area contributed by atoms with Crippen molar-refractivity contribution in [2.75, 3.05) is 26.9 Å². The molecule has 0 aliphatic carbocycles. The molecule has 7 nitrogen and oxygen atoms in total. The number of urea groups is 1. The largest absolute Gasteiger partial charge is 0.480 e. The first-order valence-corrected chi connectivity index (χ1v) is 6.50. The van der Waals surface area contributed by atoms with Crippen molar-refractivity contribution in [1.29, 1.82) is 0 Å². The van der Waals surface area contributed by atoms with Gasteiger partial charge in [-0.3, -0.25) is 0 Å². The zero-order valence-corrected chi connectivity index (χ0v) is 11.2. The fourth-order valence-corrected chi connectivity index (χ4v) is 2.29. The number of hydrogen-bond donors (Lipinski definition) is 3. The number of aliphatic hydroxyl groups is 1. The summed E-state index contributed by atoms with van der Waals surface area (Å²) in [5.74, 6) is -1.12. The fourth-order valence-electron chi connectivity index (χ4n) is 2.29. The van der Waals surface area contributed by atoms with Crippen LogP contribution in [-0.4, -0.2) is 66.1 Å². The molecule has 0 aromatic rings. The lowest BCUT2D eigenvalue weighted by atomic mass is 10.00. The molecule has 0 radical (unpaired) electrons. The minimum atomic E-state index is -1.12. The lowest BCUT2D eigenvalue weighted by molar-refractivity contribution is -0.140. The van der Waals surface area contributed by atoms with Gasteiger partial charge in [-0.1, -0.05) is 0 Å². The van der Waals surface area contributed by atoms with E-state index < -0.39 is 18.0 Å². The highest BCUT2D eigenvalue weighted by Gasteiger charge is 2.29. The summed E-state index contributed by atoms with van der Waals surface area (Å²) >= 11 is 0. The van der Waals surface area contributed by atoms with Crippen LogP contribution in [0.25, 0.3) is 0 Å². The van der Waals surface area contributed by atoms with Crippen molar-refractivity contribution in [2.24, 2.45) is 0 Å². The number of amides is 2. The number of carbonyl (C=O) groups is 2. The summed E-state index contributed by atoms with van der Waals surface area (Å²) in [6.07, 6.45) is 3.29. The summed E-state index contributed by atoms with van der Waals surface area (Å²) in [6.45, 7) is 0.546. The van der Waals surface area contributed by atoms with Crippen molar-refractivity contribution in [3.05, 3.63) is 0 Å². The van der Waals surface area contributed by atoms with Gasteiger partial charge in [0.1, 0.15) is 0 Å². The molecule has 2 unspecified atom stereocenters. The van der Waals surface area contributed by atoms with Gasteiger partial charge in [0, 0.05) is 26.3 Å². The molecule has 1 fully saturated rings. The Morgan fingerprint density at radius 2 is 2.21 bits per heavy atom. The fraction of sp³-hybridized carbons (Fsp3) is 0.833. The molecule has 19 heavy (non-hydrogen) atoms. The third-order valence-corrected chi connectivity index (χ3v) is 3.28. The molecule has 0 aromatic carbocycles. The van der Waals surface area contributed by atoms with Gasteiger partial charge in [0.2, 0.25) is 0 Å². The van der Waals surface area contributed by atoms with E-state index in [4.69, 9.17) is 14.9 Å². The topological polar surface area (TPSA) is 99.1 Å². The van der Waals surface area contributed by atoms with Crippen LogP contribution in [0.1, 0.15) is 25.7 Å². The molecule has 0 saturated carbocycles. The Kier molecular flexibility index (Phi) is 6.58. The van der Waals surface area contributed by atoms with Crippen molar-refractivity contribution in [3.63, 3.8) is 0 Å².